The van der Waals surface area contributed by atoms with E-state index in [0.29, 0.717) is 25.3 Å². The Morgan fingerprint density at radius 3 is 2.48 bits per heavy atom. The predicted molar refractivity (Wildman–Crippen MR) is 110 cm³/mol. The summed E-state index contributed by atoms with van der Waals surface area (Å²) in [6.07, 6.45) is 0. The Morgan fingerprint density at radius 2 is 1.83 bits per heavy atom. The van der Waals surface area contributed by atoms with Crippen molar-refractivity contribution in [2.75, 3.05) is 25.4 Å². The number of aromatic nitrogens is 2. The first-order valence-corrected chi connectivity index (χ1v) is 10.1. The molecule has 152 valence electrons. The second-order valence-corrected chi connectivity index (χ2v) is 8.35. The van der Waals surface area contributed by atoms with Gasteiger partial charge in [-0.15, -0.1) is 0 Å². The van der Waals surface area contributed by atoms with Crippen molar-refractivity contribution >= 4 is 17.8 Å². The van der Waals surface area contributed by atoms with E-state index in [1.165, 1.54) is 0 Å². The number of anilines is 1. The molecule has 3 heterocycles. The van der Waals surface area contributed by atoms with Crippen molar-refractivity contribution in [3.05, 3.63) is 53.3 Å². The summed E-state index contributed by atoms with van der Waals surface area (Å²) in [5, 5.41) is 0. The van der Waals surface area contributed by atoms with Crippen LogP contribution in [0, 0.1) is 11.8 Å². The normalized spacial score (nSPS) is 23.5. The number of amides is 2. The summed E-state index contributed by atoms with van der Waals surface area (Å²) in [6.45, 7) is 7.54. The van der Waals surface area contributed by atoms with Crippen LogP contribution in [0.3, 0.4) is 0 Å². The minimum atomic E-state index is -0.114. The van der Waals surface area contributed by atoms with Gasteiger partial charge in [-0.1, -0.05) is 44.2 Å². The van der Waals surface area contributed by atoms with Crippen molar-refractivity contribution in [1.82, 2.24) is 19.8 Å². The fraction of sp³-hybridized carbons (Fsp3) is 0.455. The van der Waals surface area contributed by atoms with E-state index in [4.69, 9.17) is 5.73 Å². The van der Waals surface area contributed by atoms with E-state index < -0.39 is 0 Å². The van der Waals surface area contributed by atoms with Crippen molar-refractivity contribution in [3.63, 3.8) is 0 Å². The highest BCUT2D eigenvalue weighted by atomic mass is 16.2. The third kappa shape index (κ3) is 3.57. The van der Waals surface area contributed by atoms with Gasteiger partial charge in [0.15, 0.2) is 0 Å². The molecule has 1 aromatic carbocycles. The van der Waals surface area contributed by atoms with Crippen molar-refractivity contribution in [3.8, 4) is 0 Å². The van der Waals surface area contributed by atoms with E-state index in [0.717, 1.165) is 11.3 Å². The lowest BCUT2D eigenvalue weighted by atomic mass is 9.89. The molecule has 0 unspecified atom stereocenters. The highest BCUT2D eigenvalue weighted by molar-refractivity contribution is 5.93. The largest absolute Gasteiger partial charge is 0.368 e. The number of hydrogen-bond acceptors (Lipinski definition) is 5. The Bertz CT molecular complexity index is 930. The molecule has 2 fully saturated rings. The standard InChI is InChI=1S/C22H27N5O2/c1-13(2)18-9-19(25-22(23)24-18)21(29)26-10-16-11-27(14(3)28)20(17(16)12-26)15-7-5-4-6-8-15/h4-9,13,16-17,20H,10-12H2,1-3H3,(H2,23,24,25)/t16-,17-,20-/m1/s1. The summed E-state index contributed by atoms with van der Waals surface area (Å²) in [7, 11) is 0. The summed E-state index contributed by atoms with van der Waals surface area (Å²) in [5.41, 5.74) is 8.08. The molecule has 2 N–H and O–H groups in total. The second-order valence-electron chi connectivity index (χ2n) is 8.35. The molecule has 7 nitrogen and oxygen atoms in total. The number of rotatable bonds is 3. The minimum Gasteiger partial charge on any atom is -0.368 e. The number of hydrogen-bond donors (Lipinski definition) is 1. The molecule has 1 aromatic heterocycles. The average molecular weight is 393 g/mol. The van der Waals surface area contributed by atoms with Crippen LogP contribution in [0.4, 0.5) is 5.95 Å². The lowest BCUT2D eigenvalue weighted by Crippen LogP contribution is -2.36. The van der Waals surface area contributed by atoms with Crippen LogP contribution in [0.5, 0.6) is 0 Å². The number of carbonyl (C=O) groups is 2. The summed E-state index contributed by atoms with van der Waals surface area (Å²) in [4.78, 5) is 37.6. The smallest absolute Gasteiger partial charge is 0.272 e. The number of nitrogens with zero attached hydrogens (tertiary/aromatic N) is 4. The Hall–Kier alpha value is -2.96. The van der Waals surface area contributed by atoms with Gasteiger partial charge in [0.2, 0.25) is 11.9 Å². The third-order valence-electron chi connectivity index (χ3n) is 6.07. The van der Waals surface area contributed by atoms with Gasteiger partial charge in [0.1, 0.15) is 5.69 Å². The van der Waals surface area contributed by atoms with Crippen molar-refractivity contribution < 1.29 is 9.59 Å². The molecule has 7 heteroatoms. The minimum absolute atomic E-state index is 0.00167. The van der Waals surface area contributed by atoms with Gasteiger partial charge in [-0.2, -0.15) is 0 Å². The number of benzene rings is 1. The van der Waals surface area contributed by atoms with E-state index >= 15 is 0 Å². The van der Waals surface area contributed by atoms with Gasteiger partial charge in [-0.3, -0.25) is 9.59 Å². The van der Waals surface area contributed by atoms with Crippen molar-refractivity contribution in [1.29, 1.82) is 0 Å². The van der Waals surface area contributed by atoms with Crippen LogP contribution in [-0.2, 0) is 4.79 Å². The van der Waals surface area contributed by atoms with E-state index in [2.05, 4.69) is 22.1 Å². The molecule has 29 heavy (non-hydrogen) atoms. The molecule has 4 rings (SSSR count). The maximum atomic E-state index is 13.2. The van der Waals surface area contributed by atoms with Gasteiger partial charge < -0.3 is 15.5 Å². The van der Waals surface area contributed by atoms with Crippen LogP contribution in [0.15, 0.2) is 36.4 Å². The number of fused-ring (bicyclic) bond motifs is 1. The molecule has 2 amide bonds. The molecular formula is C22H27N5O2. The molecule has 0 spiro atoms. The maximum Gasteiger partial charge on any atom is 0.272 e. The second kappa shape index (κ2) is 7.46. The Kier molecular flexibility index (Phi) is 4.98. The first-order valence-electron chi connectivity index (χ1n) is 10.1. The number of carbonyl (C=O) groups excluding carboxylic acids is 2. The van der Waals surface area contributed by atoms with E-state index in [9.17, 15) is 9.59 Å². The third-order valence-corrected chi connectivity index (χ3v) is 6.07. The van der Waals surface area contributed by atoms with Gasteiger partial charge in [0.25, 0.3) is 5.91 Å². The fourth-order valence-electron chi connectivity index (χ4n) is 4.66. The van der Waals surface area contributed by atoms with Gasteiger partial charge in [-0.05, 0) is 17.5 Å². The van der Waals surface area contributed by atoms with Crippen molar-refractivity contribution in [2.45, 2.75) is 32.7 Å². The first kappa shape index (κ1) is 19.4. The van der Waals surface area contributed by atoms with Crippen LogP contribution in [0.2, 0.25) is 0 Å². The van der Waals surface area contributed by atoms with Gasteiger partial charge >= 0.3 is 0 Å². The Morgan fingerprint density at radius 1 is 1.10 bits per heavy atom. The summed E-state index contributed by atoms with van der Waals surface area (Å²) < 4.78 is 0. The first-order chi connectivity index (χ1) is 13.8. The lowest BCUT2D eigenvalue weighted by molar-refractivity contribution is -0.130. The van der Waals surface area contributed by atoms with Gasteiger partial charge in [0, 0.05) is 44.1 Å². The Labute approximate surface area is 170 Å². The van der Waals surface area contributed by atoms with Crippen LogP contribution < -0.4 is 5.73 Å². The van der Waals surface area contributed by atoms with Crippen LogP contribution in [0.25, 0.3) is 0 Å². The molecule has 0 saturated carbocycles. The highest BCUT2D eigenvalue weighted by Gasteiger charge is 2.49. The molecule has 2 aliphatic rings. The maximum absolute atomic E-state index is 13.2. The monoisotopic (exact) mass is 393 g/mol. The van der Waals surface area contributed by atoms with Crippen LogP contribution in [-0.4, -0.2) is 51.2 Å². The predicted octanol–water partition coefficient (Wildman–Crippen LogP) is 2.47. The van der Waals surface area contributed by atoms with Gasteiger partial charge in [0.05, 0.1) is 6.04 Å². The van der Waals surface area contributed by atoms with Crippen LogP contribution >= 0.6 is 0 Å². The number of likely N-dealkylation sites (tertiary alicyclic amines) is 2. The zero-order valence-corrected chi connectivity index (χ0v) is 17.1. The van der Waals surface area contributed by atoms with Crippen LogP contribution in [0.1, 0.15) is 54.5 Å². The molecular weight excluding hydrogens is 366 g/mol. The average Bonchev–Trinajstić information content (AvgIpc) is 3.25. The molecule has 2 aromatic rings. The quantitative estimate of drug-likeness (QED) is 0.865. The zero-order chi connectivity index (χ0) is 20.7. The van der Waals surface area contributed by atoms with E-state index in [1.807, 2.05) is 41.8 Å². The zero-order valence-electron chi connectivity index (χ0n) is 17.1. The van der Waals surface area contributed by atoms with E-state index in [1.54, 1.807) is 13.0 Å². The molecule has 2 aliphatic heterocycles. The molecule has 3 atom stereocenters. The molecule has 0 aliphatic carbocycles. The molecule has 0 bridgehead atoms. The number of nitrogen functional groups attached to an aromatic ring is 1. The lowest BCUT2D eigenvalue weighted by Gasteiger charge is -2.29. The summed E-state index contributed by atoms with van der Waals surface area (Å²) >= 11 is 0. The summed E-state index contributed by atoms with van der Waals surface area (Å²) in [6, 6.07) is 11.8. The van der Waals surface area contributed by atoms with Crippen molar-refractivity contribution in [2.24, 2.45) is 11.8 Å². The fourth-order valence-corrected chi connectivity index (χ4v) is 4.66. The SMILES string of the molecule is CC(=O)N1C[C@H]2CN(C(=O)c3cc(C(C)C)nc(N)n3)C[C@H]2[C@H]1c1ccccc1. The number of nitrogens with two attached hydrogens (primary N) is 1. The summed E-state index contributed by atoms with van der Waals surface area (Å²) in [5.74, 6) is 0.735. The molecule has 2 saturated heterocycles. The van der Waals surface area contributed by atoms with Gasteiger partial charge in [-0.25, -0.2) is 9.97 Å². The highest BCUT2D eigenvalue weighted by Crippen LogP contribution is 2.45. The Balaban J connectivity index is 1.59. The molecule has 0 radical (unpaired) electrons. The van der Waals surface area contributed by atoms with E-state index in [-0.39, 0.29) is 41.6 Å². The topological polar surface area (TPSA) is 92.4 Å².